The quantitative estimate of drug-likeness (QED) is 0.537. The zero-order valence-electron chi connectivity index (χ0n) is 14.2. The average molecular weight is 323 g/mol. The van der Waals surface area contributed by atoms with Crippen LogP contribution in [0.2, 0.25) is 0 Å². The minimum absolute atomic E-state index is 0.197. The molecule has 6 heteroatoms. The van der Waals surface area contributed by atoms with E-state index in [1.165, 1.54) is 0 Å². The van der Waals surface area contributed by atoms with E-state index in [-0.39, 0.29) is 12.1 Å². The van der Waals surface area contributed by atoms with Crippen LogP contribution in [0.5, 0.6) is 0 Å². The van der Waals surface area contributed by atoms with Crippen molar-refractivity contribution < 1.29 is 13.9 Å². The van der Waals surface area contributed by atoms with Crippen molar-refractivity contribution in [2.45, 2.75) is 45.3 Å². The van der Waals surface area contributed by atoms with Crippen LogP contribution in [0.25, 0.3) is 0 Å². The van der Waals surface area contributed by atoms with Crippen LogP contribution in [0.1, 0.15) is 32.4 Å². The third-order valence-electron chi connectivity index (χ3n) is 3.59. The Morgan fingerprint density at radius 3 is 3.13 bits per heavy atom. The third kappa shape index (κ3) is 7.05. The maximum absolute atomic E-state index is 5.85. The fourth-order valence-corrected chi connectivity index (χ4v) is 2.33. The van der Waals surface area contributed by atoms with Crippen molar-refractivity contribution >= 4 is 5.96 Å². The Balaban J connectivity index is 1.70. The number of rotatable bonds is 9. The number of hydrogen-bond donors (Lipinski definition) is 2. The Bertz CT molecular complexity index is 442. The zero-order chi connectivity index (χ0) is 16.3. The maximum atomic E-state index is 5.85. The molecule has 1 aromatic heterocycles. The third-order valence-corrected chi connectivity index (χ3v) is 3.59. The molecule has 2 atom stereocenters. The lowest BCUT2D eigenvalue weighted by molar-refractivity contribution is 0.0347. The van der Waals surface area contributed by atoms with E-state index in [0.29, 0.717) is 13.2 Å². The summed E-state index contributed by atoms with van der Waals surface area (Å²) < 4.78 is 16.5. The van der Waals surface area contributed by atoms with Crippen molar-refractivity contribution in [3.8, 4) is 0 Å². The van der Waals surface area contributed by atoms with Crippen LogP contribution in [0.15, 0.2) is 27.8 Å². The topological polar surface area (TPSA) is 68.0 Å². The normalized spacial score (nSPS) is 19.7. The molecule has 130 valence electrons. The highest BCUT2D eigenvalue weighted by atomic mass is 16.5. The molecular weight excluding hydrogens is 294 g/mol. The molecule has 1 saturated heterocycles. The van der Waals surface area contributed by atoms with E-state index in [9.17, 15) is 0 Å². The molecule has 2 heterocycles. The molecule has 1 aliphatic heterocycles. The van der Waals surface area contributed by atoms with Crippen LogP contribution >= 0.6 is 0 Å². The van der Waals surface area contributed by atoms with Gasteiger partial charge in [0.25, 0.3) is 0 Å². The minimum Gasteiger partial charge on any atom is -0.469 e. The van der Waals surface area contributed by atoms with Gasteiger partial charge in [0.05, 0.1) is 25.6 Å². The molecule has 0 radical (unpaired) electrons. The predicted octanol–water partition coefficient (Wildman–Crippen LogP) is 1.96. The number of aliphatic imine (C=N–C) groups is 1. The number of ether oxygens (including phenoxy) is 2. The Hall–Kier alpha value is -1.53. The smallest absolute Gasteiger partial charge is 0.191 e. The first-order chi connectivity index (χ1) is 11.3. The first kappa shape index (κ1) is 17.8. The molecule has 6 nitrogen and oxygen atoms in total. The van der Waals surface area contributed by atoms with E-state index in [1.54, 1.807) is 6.26 Å². The van der Waals surface area contributed by atoms with Crippen molar-refractivity contribution in [1.82, 2.24) is 10.6 Å². The molecule has 2 rings (SSSR count). The average Bonchev–Trinajstić information content (AvgIpc) is 3.24. The van der Waals surface area contributed by atoms with Crippen LogP contribution in [0.3, 0.4) is 0 Å². The second-order valence-corrected chi connectivity index (χ2v) is 5.85. The molecule has 0 bridgehead atoms. The number of hydrogen-bond acceptors (Lipinski definition) is 4. The van der Waals surface area contributed by atoms with Crippen molar-refractivity contribution in [3.63, 3.8) is 0 Å². The SMILES string of the molecule is CCCN=C(NCCc1ccco1)NC(C)COC1CCOC1. The number of nitrogens with one attached hydrogen (secondary N) is 2. The van der Waals surface area contributed by atoms with Crippen LogP contribution in [-0.2, 0) is 15.9 Å². The van der Waals surface area contributed by atoms with Crippen LogP contribution in [0, 0.1) is 0 Å². The van der Waals surface area contributed by atoms with Gasteiger partial charge in [-0.1, -0.05) is 6.92 Å². The Morgan fingerprint density at radius 1 is 1.52 bits per heavy atom. The molecule has 0 aromatic carbocycles. The highest BCUT2D eigenvalue weighted by Crippen LogP contribution is 2.08. The highest BCUT2D eigenvalue weighted by Gasteiger charge is 2.17. The summed E-state index contributed by atoms with van der Waals surface area (Å²) in [6, 6.07) is 4.09. The summed E-state index contributed by atoms with van der Waals surface area (Å²) in [6.07, 6.45) is 4.79. The Kier molecular flexibility index (Phi) is 7.97. The molecule has 0 spiro atoms. The van der Waals surface area contributed by atoms with E-state index in [0.717, 1.165) is 50.7 Å². The summed E-state index contributed by atoms with van der Waals surface area (Å²) in [5.74, 6) is 1.81. The van der Waals surface area contributed by atoms with Gasteiger partial charge in [0.2, 0.25) is 0 Å². The van der Waals surface area contributed by atoms with Crippen molar-refractivity contribution in [2.24, 2.45) is 4.99 Å². The fraction of sp³-hybridized carbons (Fsp3) is 0.706. The van der Waals surface area contributed by atoms with Crippen molar-refractivity contribution in [3.05, 3.63) is 24.2 Å². The van der Waals surface area contributed by atoms with E-state index < -0.39 is 0 Å². The Labute approximate surface area is 138 Å². The number of nitrogens with zero attached hydrogens (tertiary/aromatic N) is 1. The summed E-state index contributed by atoms with van der Waals surface area (Å²) in [7, 11) is 0. The lowest BCUT2D eigenvalue weighted by Crippen LogP contribution is -2.45. The Morgan fingerprint density at radius 2 is 2.43 bits per heavy atom. The highest BCUT2D eigenvalue weighted by molar-refractivity contribution is 5.80. The summed E-state index contributed by atoms with van der Waals surface area (Å²) in [4.78, 5) is 4.56. The number of guanidine groups is 1. The first-order valence-corrected chi connectivity index (χ1v) is 8.54. The monoisotopic (exact) mass is 323 g/mol. The van der Waals surface area contributed by atoms with Crippen molar-refractivity contribution in [2.75, 3.05) is 32.9 Å². The van der Waals surface area contributed by atoms with Crippen LogP contribution < -0.4 is 10.6 Å². The van der Waals surface area contributed by atoms with Gasteiger partial charge >= 0.3 is 0 Å². The van der Waals surface area contributed by atoms with Gasteiger partial charge in [-0.05, 0) is 31.9 Å². The lowest BCUT2D eigenvalue weighted by Gasteiger charge is -2.20. The van der Waals surface area contributed by atoms with Gasteiger partial charge in [0.15, 0.2) is 5.96 Å². The summed E-state index contributed by atoms with van der Waals surface area (Å²) in [6.45, 7) is 7.99. The minimum atomic E-state index is 0.197. The second-order valence-electron chi connectivity index (χ2n) is 5.85. The van der Waals surface area contributed by atoms with Gasteiger partial charge in [-0.2, -0.15) is 0 Å². The van der Waals surface area contributed by atoms with E-state index in [1.807, 2.05) is 12.1 Å². The van der Waals surface area contributed by atoms with E-state index >= 15 is 0 Å². The van der Waals surface area contributed by atoms with Gasteiger partial charge in [-0.15, -0.1) is 0 Å². The molecule has 1 aromatic rings. The maximum Gasteiger partial charge on any atom is 0.191 e. The second kappa shape index (κ2) is 10.3. The molecule has 2 unspecified atom stereocenters. The van der Waals surface area contributed by atoms with Gasteiger partial charge in [-0.25, -0.2) is 0 Å². The van der Waals surface area contributed by atoms with Gasteiger partial charge in [0, 0.05) is 32.2 Å². The van der Waals surface area contributed by atoms with Gasteiger partial charge in [-0.3, -0.25) is 4.99 Å². The molecule has 0 saturated carbocycles. The van der Waals surface area contributed by atoms with Gasteiger partial charge in [0.1, 0.15) is 5.76 Å². The predicted molar refractivity (Wildman–Crippen MR) is 90.8 cm³/mol. The molecular formula is C17H29N3O3. The largest absolute Gasteiger partial charge is 0.469 e. The molecule has 2 N–H and O–H groups in total. The van der Waals surface area contributed by atoms with Crippen LogP contribution in [0.4, 0.5) is 0 Å². The van der Waals surface area contributed by atoms with E-state index in [2.05, 4.69) is 29.5 Å². The first-order valence-electron chi connectivity index (χ1n) is 8.54. The molecule has 1 aliphatic rings. The fourth-order valence-electron chi connectivity index (χ4n) is 2.33. The van der Waals surface area contributed by atoms with Crippen LogP contribution in [-0.4, -0.2) is 51.0 Å². The lowest BCUT2D eigenvalue weighted by atomic mass is 10.3. The zero-order valence-corrected chi connectivity index (χ0v) is 14.2. The summed E-state index contributed by atoms with van der Waals surface area (Å²) >= 11 is 0. The number of furan rings is 1. The molecule has 0 amide bonds. The summed E-state index contributed by atoms with van der Waals surface area (Å²) in [5, 5.41) is 6.75. The van der Waals surface area contributed by atoms with Gasteiger partial charge < -0.3 is 24.5 Å². The summed E-state index contributed by atoms with van der Waals surface area (Å²) in [5.41, 5.74) is 0. The van der Waals surface area contributed by atoms with E-state index in [4.69, 9.17) is 13.9 Å². The van der Waals surface area contributed by atoms with Crippen molar-refractivity contribution in [1.29, 1.82) is 0 Å². The molecule has 0 aliphatic carbocycles. The molecule has 1 fully saturated rings. The standard InChI is InChI=1S/C17H29N3O3/c1-3-8-18-17(19-9-6-15-5-4-10-22-15)20-14(2)12-23-16-7-11-21-13-16/h4-5,10,14,16H,3,6-9,11-13H2,1-2H3,(H2,18,19,20). The molecule has 23 heavy (non-hydrogen) atoms.